The van der Waals surface area contributed by atoms with Crippen molar-refractivity contribution in [3.05, 3.63) is 143 Å². The quantitative estimate of drug-likeness (QED) is 0.177. The van der Waals surface area contributed by atoms with Crippen LogP contribution in [0.4, 0.5) is 0 Å². The number of rotatable bonds is 6. The van der Waals surface area contributed by atoms with Crippen molar-refractivity contribution >= 4 is 53.1 Å². The maximum Gasteiger partial charge on any atom is 0.0862 e. The highest BCUT2D eigenvalue weighted by Gasteiger charge is 2.27. The molecular weight excluding hydrogens is 633 g/mol. The maximum absolute atomic E-state index is 13.8. The van der Waals surface area contributed by atoms with E-state index in [1.54, 1.807) is 0 Å². The van der Waals surface area contributed by atoms with E-state index in [1.165, 1.54) is 48.0 Å². The van der Waals surface area contributed by atoms with Crippen LogP contribution >= 0.6 is 11.3 Å². The Labute approximate surface area is 284 Å². The summed E-state index contributed by atoms with van der Waals surface area (Å²) in [5, 5.41) is 2.68. The first-order valence-corrected chi connectivity index (χ1v) is 19.3. The minimum atomic E-state index is -1.19. The summed E-state index contributed by atoms with van der Waals surface area (Å²) in [5.74, 6) is 0. The average molecular weight is 665 g/mol. The van der Waals surface area contributed by atoms with Crippen molar-refractivity contribution in [3.63, 3.8) is 0 Å². The van der Waals surface area contributed by atoms with E-state index in [2.05, 4.69) is 110 Å². The largest absolute Gasteiger partial charge is 0.249 e. The molecule has 0 saturated carbocycles. The van der Waals surface area contributed by atoms with Crippen LogP contribution in [-0.2, 0) is 47.3 Å². The molecule has 1 aromatic heterocycles. The number of aryl methyl sites for hydroxylation is 6. The van der Waals surface area contributed by atoms with Gasteiger partial charge in [-0.2, -0.15) is 0 Å². The second-order valence-corrected chi connectivity index (χ2v) is 16.9. The SMILES string of the molecule is Cc1ccc2c(c1)S(=O)c1cc(CCc3ccc4c(c3)S(=O)c3cc(CCc5ccc6c(c5)sc5cc(C)ccc56)ccc3-4)ccc1-2. The van der Waals surface area contributed by atoms with Gasteiger partial charge in [0.15, 0.2) is 0 Å². The molecule has 47 heavy (non-hydrogen) atoms. The monoisotopic (exact) mass is 664 g/mol. The highest BCUT2D eigenvalue weighted by Crippen LogP contribution is 2.43. The lowest BCUT2D eigenvalue weighted by molar-refractivity contribution is 0.683. The standard InChI is InChI=1S/C42H32O2S3/c1-25-3-13-31-32-15-9-27(21-38(32)45-37(31)19-25)5-6-28-11-17-35-36-18-12-30(24-42(36)47(44)41(35)23-28)8-7-29-10-16-34-33-14-4-26(2)20-39(33)46(43)40(34)22-29/h3-4,9-24H,5-8H2,1-2H3. The van der Waals surface area contributed by atoms with E-state index in [0.29, 0.717) is 0 Å². The van der Waals surface area contributed by atoms with Crippen molar-refractivity contribution < 1.29 is 8.42 Å². The number of thiophene rings is 1. The first kappa shape index (κ1) is 29.0. The lowest BCUT2D eigenvalue weighted by atomic mass is 9.97. The third-order valence-electron chi connectivity index (χ3n) is 9.75. The number of fused-ring (bicyclic) bond motifs is 9. The minimum Gasteiger partial charge on any atom is -0.249 e. The van der Waals surface area contributed by atoms with Crippen molar-refractivity contribution in [2.24, 2.45) is 0 Å². The summed E-state index contributed by atoms with van der Waals surface area (Å²) < 4.78 is 29.7. The summed E-state index contributed by atoms with van der Waals surface area (Å²) in [6.07, 6.45) is 3.55. The lowest BCUT2D eigenvalue weighted by Gasteiger charge is -2.07. The Morgan fingerprint density at radius 2 is 0.787 bits per heavy atom. The van der Waals surface area contributed by atoms with Crippen LogP contribution in [0.3, 0.4) is 0 Å². The zero-order valence-corrected chi connectivity index (χ0v) is 28.7. The Bertz CT molecular complexity index is 2490. The van der Waals surface area contributed by atoms with Crippen LogP contribution < -0.4 is 0 Å². The molecule has 5 heteroatoms. The van der Waals surface area contributed by atoms with Crippen molar-refractivity contribution in [3.8, 4) is 22.3 Å². The maximum atomic E-state index is 13.8. The molecule has 0 amide bonds. The van der Waals surface area contributed by atoms with E-state index in [0.717, 1.165) is 73.1 Å². The fraction of sp³-hybridized carbons (Fsp3) is 0.143. The van der Waals surface area contributed by atoms with E-state index in [-0.39, 0.29) is 0 Å². The van der Waals surface area contributed by atoms with E-state index in [4.69, 9.17) is 0 Å². The lowest BCUT2D eigenvalue weighted by Crippen LogP contribution is -1.95. The molecule has 2 aliphatic heterocycles. The van der Waals surface area contributed by atoms with Crippen LogP contribution in [0.5, 0.6) is 0 Å². The number of benzene rings is 6. The Morgan fingerprint density at radius 3 is 1.32 bits per heavy atom. The summed E-state index contributed by atoms with van der Waals surface area (Å²) in [4.78, 5) is 3.69. The first-order chi connectivity index (χ1) is 22.9. The molecule has 2 unspecified atom stereocenters. The molecule has 2 atom stereocenters. The van der Waals surface area contributed by atoms with Crippen molar-refractivity contribution in [2.45, 2.75) is 59.1 Å². The van der Waals surface area contributed by atoms with Crippen molar-refractivity contribution in [1.82, 2.24) is 0 Å². The molecule has 0 fully saturated rings. The Kier molecular flexibility index (Phi) is 6.93. The van der Waals surface area contributed by atoms with Crippen LogP contribution in [0, 0.1) is 13.8 Å². The summed E-state index contributed by atoms with van der Waals surface area (Å²) >= 11 is 1.87. The minimum absolute atomic E-state index is 0.841. The second kappa shape index (κ2) is 11.2. The van der Waals surface area contributed by atoms with Gasteiger partial charge in [0, 0.05) is 20.2 Å². The van der Waals surface area contributed by atoms with Gasteiger partial charge in [0.25, 0.3) is 0 Å². The molecule has 230 valence electrons. The molecule has 3 heterocycles. The van der Waals surface area contributed by atoms with Crippen LogP contribution in [0.2, 0.25) is 0 Å². The Hall–Kier alpha value is -4.16. The molecule has 0 radical (unpaired) electrons. The predicted molar refractivity (Wildman–Crippen MR) is 197 cm³/mol. The fourth-order valence-corrected chi connectivity index (χ4v) is 11.5. The molecule has 7 aromatic rings. The molecule has 0 N–H and O–H groups in total. The summed E-state index contributed by atoms with van der Waals surface area (Å²) in [6.45, 7) is 4.19. The molecule has 0 spiro atoms. The Morgan fingerprint density at radius 1 is 0.426 bits per heavy atom. The van der Waals surface area contributed by atoms with Gasteiger partial charge >= 0.3 is 0 Å². The number of hydrogen-bond acceptors (Lipinski definition) is 3. The zero-order valence-electron chi connectivity index (χ0n) is 26.3. The number of hydrogen-bond donors (Lipinski definition) is 0. The fourth-order valence-electron chi connectivity index (χ4n) is 7.20. The third-order valence-corrected chi connectivity index (χ3v) is 13.8. The highest BCUT2D eigenvalue weighted by atomic mass is 32.2. The van der Waals surface area contributed by atoms with Gasteiger partial charge in [0.2, 0.25) is 0 Å². The van der Waals surface area contributed by atoms with Gasteiger partial charge in [-0.3, -0.25) is 0 Å². The first-order valence-electron chi connectivity index (χ1n) is 16.2. The van der Waals surface area contributed by atoms with E-state index < -0.39 is 21.6 Å². The van der Waals surface area contributed by atoms with Crippen LogP contribution in [0.1, 0.15) is 33.4 Å². The summed E-state index contributed by atoms with van der Waals surface area (Å²) in [5.41, 5.74) is 11.7. The van der Waals surface area contributed by atoms with E-state index >= 15 is 0 Å². The van der Waals surface area contributed by atoms with Crippen molar-refractivity contribution in [1.29, 1.82) is 0 Å². The van der Waals surface area contributed by atoms with E-state index in [1.807, 2.05) is 24.3 Å². The molecule has 9 rings (SSSR count). The molecular formula is C42H32O2S3. The zero-order chi connectivity index (χ0) is 31.8. The van der Waals surface area contributed by atoms with Gasteiger partial charge in [0.05, 0.1) is 41.2 Å². The normalized spacial score (nSPS) is 16.0. The molecule has 6 aromatic carbocycles. The van der Waals surface area contributed by atoms with Crippen LogP contribution in [0.15, 0.2) is 129 Å². The molecule has 0 aliphatic carbocycles. The van der Waals surface area contributed by atoms with Gasteiger partial charge in [-0.05, 0) is 132 Å². The van der Waals surface area contributed by atoms with Gasteiger partial charge in [-0.1, -0.05) is 72.8 Å². The van der Waals surface area contributed by atoms with Gasteiger partial charge in [0.1, 0.15) is 0 Å². The molecule has 2 aliphatic rings. The second-order valence-electron chi connectivity index (χ2n) is 13.0. The van der Waals surface area contributed by atoms with Crippen molar-refractivity contribution in [2.75, 3.05) is 0 Å². The smallest absolute Gasteiger partial charge is 0.0862 e. The van der Waals surface area contributed by atoms with E-state index in [9.17, 15) is 8.42 Å². The molecule has 0 bridgehead atoms. The third kappa shape index (κ3) is 4.95. The summed E-state index contributed by atoms with van der Waals surface area (Å²) in [6, 6.07) is 39.2. The van der Waals surface area contributed by atoms with Crippen LogP contribution in [-0.4, -0.2) is 8.42 Å². The summed E-state index contributed by atoms with van der Waals surface area (Å²) in [7, 11) is -2.32. The predicted octanol–water partition coefficient (Wildman–Crippen LogP) is 10.5. The molecule has 2 nitrogen and oxygen atoms in total. The van der Waals surface area contributed by atoms with Gasteiger partial charge in [-0.15, -0.1) is 11.3 Å². The van der Waals surface area contributed by atoms with Gasteiger partial charge < -0.3 is 0 Å². The average Bonchev–Trinajstić information content (AvgIpc) is 3.68. The topological polar surface area (TPSA) is 34.1 Å². The van der Waals surface area contributed by atoms with Gasteiger partial charge in [-0.25, -0.2) is 8.42 Å². The molecule has 0 saturated heterocycles. The van der Waals surface area contributed by atoms with Crippen LogP contribution in [0.25, 0.3) is 42.4 Å². The Balaban J connectivity index is 0.897. The highest BCUT2D eigenvalue weighted by molar-refractivity contribution is 7.86.